The summed E-state index contributed by atoms with van der Waals surface area (Å²) >= 11 is 0. The quantitative estimate of drug-likeness (QED) is 0.848. The van der Waals surface area contributed by atoms with E-state index in [0.717, 1.165) is 31.8 Å². The fraction of sp³-hybridized carbons (Fsp3) is 0.556. The molecule has 132 valence electrons. The van der Waals surface area contributed by atoms with E-state index in [2.05, 4.69) is 29.4 Å². The van der Waals surface area contributed by atoms with Crippen LogP contribution in [0.3, 0.4) is 0 Å². The van der Waals surface area contributed by atoms with Crippen LogP contribution in [-0.2, 0) is 4.74 Å². The van der Waals surface area contributed by atoms with E-state index in [-0.39, 0.29) is 16.7 Å². The highest BCUT2D eigenvalue weighted by atomic mass is 16.5. The van der Waals surface area contributed by atoms with E-state index in [1.54, 1.807) is 11.8 Å². The number of ether oxygens (including phenoxy) is 1. The molecule has 2 atom stereocenters. The van der Waals surface area contributed by atoms with E-state index in [1.165, 1.54) is 6.33 Å². The number of carbonyl (C=O) groups is 1. The highest BCUT2D eigenvalue weighted by Crippen LogP contribution is 2.62. The maximum Gasteiger partial charge on any atom is 0.253 e. The van der Waals surface area contributed by atoms with E-state index in [0.29, 0.717) is 11.5 Å². The number of likely N-dealkylation sites (tertiary alicyclic amines) is 1. The Bertz CT molecular complexity index is 771. The third-order valence-electron chi connectivity index (χ3n) is 5.85. The molecule has 1 amide bonds. The Morgan fingerprint density at radius 1 is 1.32 bits per heavy atom. The van der Waals surface area contributed by atoms with E-state index >= 15 is 0 Å². The van der Waals surface area contributed by atoms with E-state index in [4.69, 9.17) is 4.74 Å². The van der Waals surface area contributed by atoms with Crippen LogP contribution in [0.15, 0.2) is 30.6 Å². The van der Waals surface area contributed by atoms with Gasteiger partial charge in [0.2, 0.25) is 0 Å². The van der Waals surface area contributed by atoms with Crippen molar-refractivity contribution >= 4 is 5.91 Å². The molecule has 1 aliphatic carbocycles. The summed E-state index contributed by atoms with van der Waals surface area (Å²) in [6.07, 6.45) is 2.64. The summed E-state index contributed by atoms with van der Waals surface area (Å²) in [5.41, 5.74) is 1.93. The number of amides is 1. The Hall–Kier alpha value is -2.28. The van der Waals surface area contributed by atoms with Crippen molar-refractivity contribution in [3.05, 3.63) is 36.2 Å². The molecule has 1 aliphatic heterocycles. The van der Waals surface area contributed by atoms with Crippen molar-refractivity contribution in [2.45, 2.75) is 20.3 Å². The number of fused-ring (bicyclic) bond motifs is 1. The van der Waals surface area contributed by atoms with Crippen molar-refractivity contribution in [1.29, 1.82) is 0 Å². The van der Waals surface area contributed by atoms with Gasteiger partial charge >= 0.3 is 0 Å². The topological polar surface area (TPSA) is 73.1 Å². The van der Waals surface area contributed by atoms with Crippen molar-refractivity contribution < 1.29 is 9.53 Å². The fourth-order valence-electron chi connectivity index (χ4n) is 4.98. The minimum absolute atomic E-state index is 0.0870. The first-order valence-electron chi connectivity index (χ1n) is 8.57. The minimum Gasteiger partial charge on any atom is -0.384 e. The Balaban J connectivity index is 1.52. The highest BCUT2D eigenvalue weighted by Gasteiger charge is 2.63. The van der Waals surface area contributed by atoms with Crippen LogP contribution in [0.5, 0.6) is 0 Å². The number of carbonyl (C=O) groups excluding carboxylic acids is 1. The van der Waals surface area contributed by atoms with Gasteiger partial charge in [-0.2, -0.15) is 0 Å². The lowest BCUT2D eigenvalue weighted by Crippen LogP contribution is -2.55. The molecule has 25 heavy (non-hydrogen) atoms. The van der Waals surface area contributed by atoms with Gasteiger partial charge in [-0.05, 0) is 52.4 Å². The average Bonchev–Trinajstić information content (AvgIpc) is 3.21. The molecule has 4 rings (SSSR count). The zero-order chi connectivity index (χ0) is 17.7. The van der Waals surface area contributed by atoms with Crippen LogP contribution in [-0.4, -0.2) is 57.8 Å². The predicted molar refractivity (Wildman–Crippen MR) is 91.3 cm³/mol. The molecule has 0 N–H and O–H groups in total. The van der Waals surface area contributed by atoms with Gasteiger partial charge in [0.15, 0.2) is 0 Å². The fourth-order valence-corrected chi connectivity index (χ4v) is 4.98. The van der Waals surface area contributed by atoms with Crippen LogP contribution in [0.1, 0.15) is 30.6 Å². The number of methoxy groups -OCH3 is 1. The van der Waals surface area contributed by atoms with Crippen LogP contribution in [0.2, 0.25) is 0 Å². The van der Waals surface area contributed by atoms with Crippen LogP contribution >= 0.6 is 0 Å². The lowest BCUT2D eigenvalue weighted by atomic mass is 9.48. The molecule has 0 unspecified atom stereocenters. The van der Waals surface area contributed by atoms with Crippen molar-refractivity contribution in [1.82, 2.24) is 25.1 Å². The van der Waals surface area contributed by atoms with E-state index < -0.39 is 0 Å². The number of hydrogen-bond donors (Lipinski definition) is 0. The molecule has 2 fully saturated rings. The SMILES string of the molecule is COC[C@@]12CN(C(=O)c3ccc(-n4cnnn4)cc3)C[C@@H]1C(C)(C)C2. The summed E-state index contributed by atoms with van der Waals surface area (Å²) in [6.45, 7) is 6.90. The van der Waals surface area contributed by atoms with Gasteiger partial charge in [-0.25, -0.2) is 4.68 Å². The Kier molecular flexibility index (Phi) is 3.64. The number of rotatable bonds is 4. The molecular weight excluding hydrogens is 318 g/mol. The summed E-state index contributed by atoms with van der Waals surface area (Å²) < 4.78 is 7.04. The van der Waals surface area contributed by atoms with Gasteiger partial charge in [0.05, 0.1) is 12.3 Å². The summed E-state index contributed by atoms with van der Waals surface area (Å²) in [5.74, 6) is 0.591. The minimum atomic E-state index is 0.0870. The zero-order valence-corrected chi connectivity index (χ0v) is 14.8. The van der Waals surface area contributed by atoms with Crippen molar-refractivity contribution in [3.8, 4) is 5.69 Å². The van der Waals surface area contributed by atoms with Gasteiger partial charge in [0, 0.05) is 31.2 Å². The third-order valence-corrected chi connectivity index (χ3v) is 5.85. The summed E-state index contributed by atoms with van der Waals surface area (Å²) in [5, 5.41) is 11.1. The summed E-state index contributed by atoms with van der Waals surface area (Å²) in [6, 6.07) is 7.41. The summed E-state index contributed by atoms with van der Waals surface area (Å²) in [7, 11) is 1.75. The molecule has 1 aromatic carbocycles. The zero-order valence-electron chi connectivity index (χ0n) is 14.8. The van der Waals surface area contributed by atoms with Crippen molar-refractivity contribution in [2.75, 3.05) is 26.8 Å². The molecule has 1 saturated heterocycles. The van der Waals surface area contributed by atoms with Crippen LogP contribution in [0, 0.1) is 16.7 Å². The first-order chi connectivity index (χ1) is 12.0. The standard InChI is InChI=1S/C18H23N5O2/c1-17(2)9-18(11-25-3)10-22(8-15(17)18)16(24)13-4-6-14(7-5-13)23-12-19-20-21-23/h4-7,12,15H,8-11H2,1-3H3/t15-,18-/m1/s1. The Morgan fingerprint density at radius 2 is 2.08 bits per heavy atom. The average molecular weight is 341 g/mol. The van der Waals surface area contributed by atoms with E-state index in [1.807, 2.05) is 29.2 Å². The molecule has 0 radical (unpaired) electrons. The second-order valence-electron chi connectivity index (χ2n) is 8.00. The maximum absolute atomic E-state index is 13.0. The molecule has 0 bridgehead atoms. The Labute approximate surface area is 147 Å². The summed E-state index contributed by atoms with van der Waals surface area (Å²) in [4.78, 5) is 14.9. The second-order valence-corrected chi connectivity index (χ2v) is 8.00. The Morgan fingerprint density at radius 3 is 2.68 bits per heavy atom. The molecule has 2 aliphatic rings. The lowest BCUT2D eigenvalue weighted by molar-refractivity contribution is -0.107. The van der Waals surface area contributed by atoms with Gasteiger partial charge in [-0.15, -0.1) is 5.10 Å². The van der Waals surface area contributed by atoms with Crippen LogP contribution in [0.25, 0.3) is 5.69 Å². The number of nitrogens with zero attached hydrogens (tertiary/aromatic N) is 5. The molecule has 0 spiro atoms. The molecule has 1 saturated carbocycles. The van der Waals surface area contributed by atoms with Crippen molar-refractivity contribution in [2.24, 2.45) is 16.7 Å². The lowest BCUT2D eigenvalue weighted by Gasteiger charge is -2.56. The predicted octanol–water partition coefficient (Wildman–Crippen LogP) is 1.80. The second kappa shape index (κ2) is 5.62. The molecule has 2 aromatic rings. The third kappa shape index (κ3) is 2.54. The molecule has 2 heterocycles. The van der Waals surface area contributed by atoms with Crippen LogP contribution in [0.4, 0.5) is 0 Å². The van der Waals surface area contributed by atoms with Gasteiger partial charge in [0.25, 0.3) is 5.91 Å². The normalized spacial score (nSPS) is 27.0. The smallest absolute Gasteiger partial charge is 0.253 e. The highest BCUT2D eigenvalue weighted by molar-refractivity contribution is 5.94. The number of hydrogen-bond acceptors (Lipinski definition) is 5. The van der Waals surface area contributed by atoms with Crippen LogP contribution < -0.4 is 0 Å². The molecule has 1 aromatic heterocycles. The number of tetrazole rings is 1. The monoisotopic (exact) mass is 341 g/mol. The van der Waals surface area contributed by atoms with Crippen molar-refractivity contribution in [3.63, 3.8) is 0 Å². The van der Waals surface area contributed by atoms with Gasteiger partial charge in [0.1, 0.15) is 6.33 Å². The van der Waals surface area contributed by atoms with Gasteiger partial charge in [-0.3, -0.25) is 4.79 Å². The van der Waals surface area contributed by atoms with Gasteiger partial charge in [-0.1, -0.05) is 13.8 Å². The molecular formula is C18H23N5O2. The number of benzene rings is 1. The first-order valence-corrected chi connectivity index (χ1v) is 8.57. The number of aromatic nitrogens is 4. The molecule has 7 heteroatoms. The largest absolute Gasteiger partial charge is 0.384 e. The molecule has 7 nitrogen and oxygen atoms in total. The van der Waals surface area contributed by atoms with E-state index in [9.17, 15) is 4.79 Å². The van der Waals surface area contributed by atoms with Gasteiger partial charge < -0.3 is 9.64 Å². The first kappa shape index (κ1) is 16.2. The maximum atomic E-state index is 13.0.